The van der Waals surface area contributed by atoms with Gasteiger partial charge in [0, 0.05) is 47.2 Å². The molecule has 0 bridgehead atoms. The largest absolute Gasteiger partial charge is 0.353 e. The van der Waals surface area contributed by atoms with Crippen LogP contribution in [0.1, 0.15) is 17.2 Å². The molecule has 6 rings (SSSR count). The molecule has 4 nitrogen and oxygen atoms in total. The van der Waals surface area contributed by atoms with E-state index in [-0.39, 0.29) is 6.04 Å². The minimum Gasteiger partial charge on any atom is -0.353 e. The number of thiophene rings is 1. The SMILES string of the molecule is Clc1ccc(-c2csc3ncnc(N4CCN([C@H](c5ccccc5)c5ccccc5Cl)CC4)c23)cc1. The van der Waals surface area contributed by atoms with Crippen LogP contribution in [0, 0.1) is 0 Å². The molecule has 0 aliphatic carbocycles. The first kappa shape index (κ1) is 23.4. The Bertz CT molecular complexity index is 1480. The third kappa shape index (κ3) is 4.48. The molecule has 3 aromatic carbocycles. The van der Waals surface area contributed by atoms with Gasteiger partial charge in [0.2, 0.25) is 0 Å². The lowest BCUT2D eigenvalue weighted by Gasteiger charge is -2.40. The van der Waals surface area contributed by atoms with Crippen molar-refractivity contribution >= 4 is 50.6 Å². The molecule has 1 fully saturated rings. The molecule has 180 valence electrons. The Labute approximate surface area is 224 Å². The first-order chi connectivity index (χ1) is 17.7. The van der Waals surface area contributed by atoms with Gasteiger partial charge in [0.05, 0.1) is 11.4 Å². The maximum atomic E-state index is 6.69. The Morgan fingerprint density at radius 3 is 2.25 bits per heavy atom. The van der Waals surface area contributed by atoms with Gasteiger partial charge >= 0.3 is 0 Å². The minimum atomic E-state index is 0.109. The fourth-order valence-electron chi connectivity index (χ4n) is 5.05. The van der Waals surface area contributed by atoms with Crippen LogP contribution in [0.4, 0.5) is 5.82 Å². The third-order valence-corrected chi connectivity index (χ3v) is 8.28. The van der Waals surface area contributed by atoms with Gasteiger partial charge in [-0.3, -0.25) is 4.90 Å². The van der Waals surface area contributed by atoms with Gasteiger partial charge < -0.3 is 4.90 Å². The van der Waals surface area contributed by atoms with Gasteiger partial charge in [-0.15, -0.1) is 11.3 Å². The number of piperazine rings is 1. The van der Waals surface area contributed by atoms with Crippen LogP contribution in [0.15, 0.2) is 90.6 Å². The van der Waals surface area contributed by atoms with E-state index in [0.29, 0.717) is 0 Å². The lowest BCUT2D eigenvalue weighted by Crippen LogP contribution is -2.48. The predicted molar refractivity (Wildman–Crippen MR) is 151 cm³/mol. The van der Waals surface area contributed by atoms with E-state index in [9.17, 15) is 0 Å². The summed E-state index contributed by atoms with van der Waals surface area (Å²) < 4.78 is 0. The molecule has 0 saturated carbocycles. The number of hydrogen-bond acceptors (Lipinski definition) is 5. The van der Waals surface area contributed by atoms with Crippen molar-refractivity contribution < 1.29 is 0 Å². The average molecular weight is 532 g/mol. The fourth-order valence-corrected chi connectivity index (χ4v) is 6.33. The molecule has 1 atom stereocenters. The Morgan fingerprint density at radius 1 is 0.778 bits per heavy atom. The van der Waals surface area contributed by atoms with Crippen molar-refractivity contribution in [2.45, 2.75) is 6.04 Å². The van der Waals surface area contributed by atoms with Crippen molar-refractivity contribution in [3.63, 3.8) is 0 Å². The number of benzene rings is 3. The van der Waals surface area contributed by atoms with Gasteiger partial charge in [-0.2, -0.15) is 0 Å². The Hall–Kier alpha value is -2.96. The smallest absolute Gasteiger partial charge is 0.141 e. The van der Waals surface area contributed by atoms with Gasteiger partial charge in [0.25, 0.3) is 0 Å². The number of nitrogens with zero attached hydrogens (tertiary/aromatic N) is 4. The van der Waals surface area contributed by atoms with E-state index in [2.05, 4.69) is 74.8 Å². The third-order valence-electron chi connectivity index (χ3n) is 6.80. The van der Waals surface area contributed by atoms with Crippen molar-refractivity contribution in [1.29, 1.82) is 0 Å². The zero-order chi connectivity index (χ0) is 24.5. The molecule has 0 amide bonds. The second-order valence-corrected chi connectivity index (χ2v) is 10.6. The van der Waals surface area contributed by atoms with Crippen LogP contribution in [0.3, 0.4) is 0 Å². The second kappa shape index (κ2) is 10.2. The Balaban J connectivity index is 1.31. The number of rotatable bonds is 5. The van der Waals surface area contributed by atoms with Crippen LogP contribution < -0.4 is 4.90 Å². The maximum absolute atomic E-state index is 6.69. The highest BCUT2D eigenvalue weighted by Gasteiger charge is 2.29. The molecule has 7 heteroatoms. The average Bonchev–Trinajstić information content (AvgIpc) is 3.36. The first-order valence-electron chi connectivity index (χ1n) is 12.0. The van der Waals surface area contributed by atoms with Gasteiger partial charge in [0.15, 0.2) is 0 Å². The molecule has 0 spiro atoms. The quantitative estimate of drug-likeness (QED) is 0.234. The van der Waals surface area contributed by atoms with Crippen molar-refractivity contribution in [1.82, 2.24) is 14.9 Å². The molecule has 0 N–H and O–H groups in total. The summed E-state index contributed by atoms with van der Waals surface area (Å²) in [6.07, 6.45) is 1.68. The number of fused-ring (bicyclic) bond motifs is 1. The lowest BCUT2D eigenvalue weighted by atomic mass is 9.96. The molecule has 0 unspecified atom stereocenters. The summed E-state index contributed by atoms with van der Waals surface area (Å²) in [6.45, 7) is 3.54. The standard InChI is InChI=1S/C29H24Cl2N4S/c30-22-12-10-20(11-13-22)24-18-36-29-26(24)28(32-19-33-29)35-16-14-34(15-17-35)27(21-6-2-1-3-7-21)23-8-4-5-9-25(23)31/h1-13,18-19,27H,14-17H2/t27-/m1/s1. The summed E-state index contributed by atoms with van der Waals surface area (Å²) in [4.78, 5) is 15.2. The molecule has 1 aliphatic rings. The fraction of sp³-hybridized carbons (Fsp3) is 0.172. The van der Waals surface area contributed by atoms with Crippen LogP contribution in [-0.4, -0.2) is 41.0 Å². The molecular weight excluding hydrogens is 507 g/mol. The highest BCUT2D eigenvalue weighted by Crippen LogP contribution is 2.39. The molecule has 36 heavy (non-hydrogen) atoms. The lowest BCUT2D eigenvalue weighted by molar-refractivity contribution is 0.212. The summed E-state index contributed by atoms with van der Waals surface area (Å²) in [5, 5.41) is 4.82. The van der Waals surface area contributed by atoms with E-state index < -0.39 is 0 Å². The topological polar surface area (TPSA) is 32.3 Å². The number of anilines is 1. The van der Waals surface area contributed by atoms with E-state index in [0.717, 1.165) is 68.9 Å². The minimum absolute atomic E-state index is 0.109. The van der Waals surface area contributed by atoms with E-state index in [1.165, 1.54) is 5.56 Å². The predicted octanol–water partition coefficient (Wildman–Crippen LogP) is 7.58. The van der Waals surface area contributed by atoms with Crippen molar-refractivity contribution in [3.05, 3.63) is 112 Å². The zero-order valence-electron chi connectivity index (χ0n) is 19.5. The molecule has 1 saturated heterocycles. The summed E-state index contributed by atoms with van der Waals surface area (Å²) in [5.74, 6) is 1.000. The van der Waals surface area contributed by atoms with E-state index in [1.54, 1.807) is 17.7 Å². The molecule has 0 radical (unpaired) electrons. The maximum Gasteiger partial charge on any atom is 0.141 e. The zero-order valence-corrected chi connectivity index (χ0v) is 21.8. The highest BCUT2D eigenvalue weighted by molar-refractivity contribution is 7.17. The summed E-state index contributed by atoms with van der Waals surface area (Å²) in [6, 6.07) is 26.9. The van der Waals surface area contributed by atoms with Crippen LogP contribution in [-0.2, 0) is 0 Å². The molecule has 1 aliphatic heterocycles. The van der Waals surface area contributed by atoms with Gasteiger partial charge in [0.1, 0.15) is 17.0 Å². The number of aromatic nitrogens is 2. The van der Waals surface area contributed by atoms with E-state index >= 15 is 0 Å². The van der Waals surface area contributed by atoms with E-state index in [4.69, 9.17) is 28.2 Å². The van der Waals surface area contributed by atoms with Gasteiger partial charge in [-0.05, 0) is 34.9 Å². The molecular formula is C29H24Cl2N4S. The molecule has 5 aromatic rings. The summed E-state index contributed by atoms with van der Waals surface area (Å²) in [7, 11) is 0. The Kier molecular flexibility index (Phi) is 6.63. The van der Waals surface area contributed by atoms with Crippen LogP contribution in [0.25, 0.3) is 21.3 Å². The van der Waals surface area contributed by atoms with Crippen molar-refractivity contribution in [2.24, 2.45) is 0 Å². The Morgan fingerprint density at radius 2 is 1.50 bits per heavy atom. The van der Waals surface area contributed by atoms with Gasteiger partial charge in [-0.25, -0.2) is 9.97 Å². The van der Waals surface area contributed by atoms with E-state index in [1.807, 2.05) is 24.3 Å². The second-order valence-electron chi connectivity index (χ2n) is 8.89. The summed E-state index contributed by atoms with van der Waals surface area (Å²) >= 11 is 14.5. The first-order valence-corrected chi connectivity index (χ1v) is 13.6. The number of halogens is 2. The van der Waals surface area contributed by atoms with Crippen LogP contribution in [0.2, 0.25) is 10.0 Å². The normalized spacial score (nSPS) is 15.3. The molecule has 2 aromatic heterocycles. The van der Waals surface area contributed by atoms with Crippen molar-refractivity contribution in [3.8, 4) is 11.1 Å². The van der Waals surface area contributed by atoms with Crippen molar-refractivity contribution in [2.75, 3.05) is 31.1 Å². The highest BCUT2D eigenvalue weighted by atomic mass is 35.5. The van der Waals surface area contributed by atoms with Crippen LogP contribution >= 0.6 is 34.5 Å². The van der Waals surface area contributed by atoms with Gasteiger partial charge in [-0.1, -0.05) is 83.9 Å². The number of hydrogen-bond donors (Lipinski definition) is 0. The molecule has 3 heterocycles. The van der Waals surface area contributed by atoms with Crippen LogP contribution in [0.5, 0.6) is 0 Å². The summed E-state index contributed by atoms with van der Waals surface area (Å²) in [5.41, 5.74) is 4.68. The monoisotopic (exact) mass is 530 g/mol.